The molecule has 3 N–H and O–H groups in total. The summed E-state index contributed by atoms with van der Waals surface area (Å²) in [6.45, 7) is 6.25. The van der Waals surface area contributed by atoms with Crippen LogP contribution in [0.4, 0.5) is 0 Å². The number of rotatable bonds is 5. The maximum atomic E-state index is 12.5. The maximum Gasteiger partial charge on any atom is 0.245 e. The van der Waals surface area contributed by atoms with E-state index < -0.39 is 5.54 Å². The number of hydrogen-bond acceptors (Lipinski definition) is 3. The van der Waals surface area contributed by atoms with E-state index >= 15 is 0 Å². The minimum absolute atomic E-state index is 0.102. The normalized spacial score (nSPS) is 19.5. The predicted molar refractivity (Wildman–Crippen MR) is 86.2 cm³/mol. The molecule has 0 saturated carbocycles. The predicted octanol–water partition coefficient (Wildman–Crippen LogP) is 1.51. The molecule has 1 aromatic rings. The Bertz CT molecular complexity index is 522. The van der Waals surface area contributed by atoms with E-state index in [2.05, 4.69) is 16.0 Å². The van der Waals surface area contributed by atoms with Crippen molar-refractivity contribution >= 4 is 11.8 Å². The second kappa shape index (κ2) is 6.92. The van der Waals surface area contributed by atoms with Gasteiger partial charge in [-0.2, -0.15) is 0 Å². The van der Waals surface area contributed by atoms with E-state index in [-0.39, 0.29) is 23.9 Å². The van der Waals surface area contributed by atoms with E-state index in [1.807, 2.05) is 37.3 Å². The van der Waals surface area contributed by atoms with Crippen molar-refractivity contribution in [2.45, 2.75) is 51.2 Å². The first-order valence-corrected chi connectivity index (χ1v) is 7.81. The van der Waals surface area contributed by atoms with E-state index in [4.69, 9.17) is 0 Å². The Morgan fingerprint density at radius 2 is 1.95 bits per heavy atom. The third kappa shape index (κ3) is 4.07. The molecular weight excluding hydrogens is 278 g/mol. The lowest BCUT2D eigenvalue weighted by atomic mass is 10.0. The highest BCUT2D eigenvalue weighted by Crippen LogP contribution is 2.14. The number of hydrogen-bond donors (Lipinski definition) is 3. The van der Waals surface area contributed by atoms with Gasteiger partial charge in [0.2, 0.25) is 11.8 Å². The molecule has 2 rings (SSSR count). The Balaban J connectivity index is 1.93. The van der Waals surface area contributed by atoms with Gasteiger partial charge < -0.3 is 16.0 Å². The van der Waals surface area contributed by atoms with Gasteiger partial charge in [-0.3, -0.25) is 9.59 Å². The first kappa shape index (κ1) is 16.5. The molecule has 1 aliphatic rings. The van der Waals surface area contributed by atoms with Crippen LogP contribution in [0, 0.1) is 0 Å². The van der Waals surface area contributed by atoms with Crippen LogP contribution in [0.5, 0.6) is 0 Å². The van der Waals surface area contributed by atoms with Gasteiger partial charge in [-0.1, -0.05) is 30.3 Å². The fourth-order valence-corrected chi connectivity index (χ4v) is 2.56. The van der Waals surface area contributed by atoms with Crippen molar-refractivity contribution in [1.29, 1.82) is 0 Å². The third-order valence-electron chi connectivity index (χ3n) is 4.03. The molecule has 120 valence electrons. The van der Waals surface area contributed by atoms with Crippen LogP contribution >= 0.6 is 0 Å². The largest absolute Gasteiger partial charge is 0.348 e. The number of carbonyl (C=O) groups is 2. The number of amides is 2. The van der Waals surface area contributed by atoms with Gasteiger partial charge in [-0.15, -0.1) is 0 Å². The lowest BCUT2D eigenvalue weighted by Crippen LogP contribution is -2.58. The van der Waals surface area contributed by atoms with Crippen LogP contribution in [0.2, 0.25) is 0 Å². The average molecular weight is 303 g/mol. The summed E-state index contributed by atoms with van der Waals surface area (Å²) in [6.07, 6.45) is 1.82. The molecule has 1 aliphatic heterocycles. The number of nitrogens with one attached hydrogen (secondary N) is 3. The molecule has 1 aromatic carbocycles. The Morgan fingerprint density at radius 3 is 2.55 bits per heavy atom. The van der Waals surface area contributed by atoms with Crippen LogP contribution in [0.15, 0.2) is 30.3 Å². The fourth-order valence-electron chi connectivity index (χ4n) is 2.56. The molecule has 5 heteroatoms. The van der Waals surface area contributed by atoms with Crippen molar-refractivity contribution in [3.63, 3.8) is 0 Å². The Labute approximate surface area is 131 Å². The van der Waals surface area contributed by atoms with Crippen molar-refractivity contribution < 1.29 is 9.59 Å². The van der Waals surface area contributed by atoms with Crippen LogP contribution < -0.4 is 16.0 Å². The summed E-state index contributed by atoms with van der Waals surface area (Å²) in [4.78, 5) is 24.6. The highest BCUT2D eigenvalue weighted by molar-refractivity contribution is 5.92. The molecule has 0 radical (unpaired) electrons. The molecule has 1 fully saturated rings. The molecular formula is C17H25N3O2. The van der Waals surface area contributed by atoms with Crippen molar-refractivity contribution in [2.24, 2.45) is 0 Å². The van der Waals surface area contributed by atoms with Crippen molar-refractivity contribution in [3.05, 3.63) is 35.9 Å². The second-order valence-corrected chi connectivity index (χ2v) is 6.37. The van der Waals surface area contributed by atoms with E-state index in [0.717, 1.165) is 24.9 Å². The third-order valence-corrected chi connectivity index (χ3v) is 4.03. The lowest BCUT2D eigenvalue weighted by molar-refractivity contribution is -0.133. The first-order chi connectivity index (χ1) is 10.4. The van der Waals surface area contributed by atoms with Gasteiger partial charge in [-0.25, -0.2) is 0 Å². The van der Waals surface area contributed by atoms with Crippen molar-refractivity contribution in [2.75, 3.05) is 6.54 Å². The van der Waals surface area contributed by atoms with E-state index in [1.165, 1.54) is 0 Å². The quantitative estimate of drug-likeness (QED) is 0.772. The molecule has 22 heavy (non-hydrogen) atoms. The minimum Gasteiger partial charge on any atom is -0.348 e. The highest BCUT2D eigenvalue weighted by atomic mass is 16.2. The van der Waals surface area contributed by atoms with Crippen LogP contribution in [0.25, 0.3) is 0 Å². The standard InChI is InChI=1S/C17H25N3O2/c1-12(13-8-5-4-6-9-13)19-16(22)17(2,3)20-15(21)14-10-7-11-18-14/h4-6,8-9,12,14,18H,7,10-11H2,1-3H3,(H,19,22)(H,20,21)/t12-,14-/m0/s1. The zero-order valence-corrected chi connectivity index (χ0v) is 13.5. The van der Waals surface area contributed by atoms with Crippen LogP contribution in [-0.2, 0) is 9.59 Å². The van der Waals surface area contributed by atoms with E-state index in [9.17, 15) is 9.59 Å². The average Bonchev–Trinajstić information content (AvgIpc) is 3.02. The second-order valence-electron chi connectivity index (χ2n) is 6.37. The smallest absolute Gasteiger partial charge is 0.245 e. The molecule has 0 unspecified atom stereocenters. The molecule has 0 aromatic heterocycles. The monoisotopic (exact) mass is 303 g/mol. The molecule has 2 atom stereocenters. The summed E-state index contributed by atoms with van der Waals surface area (Å²) in [5, 5.41) is 8.94. The molecule has 5 nitrogen and oxygen atoms in total. The van der Waals surface area contributed by atoms with Gasteiger partial charge in [0.1, 0.15) is 5.54 Å². The SMILES string of the molecule is C[C@H](NC(=O)C(C)(C)NC(=O)[C@@H]1CCCN1)c1ccccc1. The highest BCUT2D eigenvalue weighted by Gasteiger charge is 2.33. The van der Waals surface area contributed by atoms with Gasteiger partial charge in [0.25, 0.3) is 0 Å². The summed E-state index contributed by atoms with van der Waals surface area (Å²) in [5.74, 6) is -0.291. The molecule has 0 aliphatic carbocycles. The molecule has 0 bridgehead atoms. The molecule has 2 amide bonds. The van der Waals surface area contributed by atoms with Gasteiger partial charge in [0, 0.05) is 0 Å². The zero-order chi connectivity index (χ0) is 16.2. The van der Waals surface area contributed by atoms with Crippen LogP contribution in [-0.4, -0.2) is 29.9 Å². The molecule has 1 saturated heterocycles. The van der Waals surface area contributed by atoms with E-state index in [0.29, 0.717) is 0 Å². The fraction of sp³-hybridized carbons (Fsp3) is 0.529. The maximum absolute atomic E-state index is 12.5. The van der Waals surface area contributed by atoms with Gasteiger partial charge in [0.05, 0.1) is 12.1 Å². The Morgan fingerprint density at radius 1 is 1.27 bits per heavy atom. The lowest BCUT2D eigenvalue weighted by Gasteiger charge is -2.28. The van der Waals surface area contributed by atoms with Crippen LogP contribution in [0.3, 0.4) is 0 Å². The van der Waals surface area contributed by atoms with Crippen LogP contribution in [0.1, 0.15) is 45.2 Å². The summed E-state index contributed by atoms with van der Waals surface area (Å²) in [7, 11) is 0. The summed E-state index contributed by atoms with van der Waals surface area (Å²) in [5.41, 5.74) is 0.0974. The van der Waals surface area contributed by atoms with E-state index in [1.54, 1.807) is 13.8 Å². The first-order valence-electron chi connectivity index (χ1n) is 7.81. The Kier molecular flexibility index (Phi) is 5.19. The summed E-state index contributed by atoms with van der Waals surface area (Å²) < 4.78 is 0. The van der Waals surface area contributed by atoms with Crippen molar-refractivity contribution in [3.8, 4) is 0 Å². The molecule has 0 spiro atoms. The number of benzene rings is 1. The van der Waals surface area contributed by atoms with Crippen molar-refractivity contribution in [1.82, 2.24) is 16.0 Å². The topological polar surface area (TPSA) is 70.2 Å². The Hall–Kier alpha value is -1.88. The molecule has 1 heterocycles. The van der Waals surface area contributed by atoms with Gasteiger partial charge >= 0.3 is 0 Å². The summed E-state index contributed by atoms with van der Waals surface area (Å²) in [6, 6.07) is 9.48. The zero-order valence-electron chi connectivity index (χ0n) is 13.5. The van der Waals surface area contributed by atoms with Gasteiger partial charge in [0.15, 0.2) is 0 Å². The number of carbonyl (C=O) groups excluding carboxylic acids is 2. The summed E-state index contributed by atoms with van der Waals surface area (Å²) >= 11 is 0. The van der Waals surface area contributed by atoms with Gasteiger partial charge in [-0.05, 0) is 45.7 Å². The minimum atomic E-state index is -0.940.